The molecule has 0 aromatic rings. The van der Waals surface area contributed by atoms with Crippen LogP contribution in [0.4, 0.5) is 0 Å². The molecule has 0 aliphatic heterocycles. The van der Waals surface area contributed by atoms with Crippen molar-refractivity contribution in [1.82, 2.24) is 0 Å². The Morgan fingerprint density at radius 1 is 0.750 bits per heavy atom. The maximum Gasteiger partial charge on any atom is 0.514 e. The fraction of sp³-hybridized carbons (Fsp3) is 1.00. The Hall–Kier alpha value is 0.584. The highest BCUT2D eigenvalue weighted by Crippen LogP contribution is 2.31. The molecule has 0 amide bonds. The lowest BCUT2D eigenvalue weighted by Crippen LogP contribution is -2.56. The van der Waals surface area contributed by atoms with Crippen LogP contribution in [0.25, 0.3) is 0 Å². The van der Waals surface area contributed by atoms with Crippen LogP contribution in [0.3, 0.4) is 0 Å². The largest absolute Gasteiger partial charge is 0.514 e. The average molecular weight is 455 g/mol. The molecule has 0 bridgehead atoms. The summed E-state index contributed by atoms with van der Waals surface area (Å²) in [5, 5.41) is 0. The average Bonchev–Trinajstić information content (AvgIpc) is 2.63. The van der Waals surface area contributed by atoms with Gasteiger partial charge in [-0.3, -0.25) is 0 Å². The van der Waals surface area contributed by atoms with Crippen molar-refractivity contribution in [2.24, 2.45) is 0 Å². The molecule has 0 N–H and O–H groups in total. The Kier molecular flexibility index (Phi) is 17.6. The second-order valence-electron chi connectivity index (χ2n) is 7.94. The Morgan fingerprint density at radius 3 is 1.82 bits per heavy atom. The van der Waals surface area contributed by atoms with Gasteiger partial charge in [0.1, 0.15) is 0 Å². The molecule has 0 aromatic carbocycles. The van der Waals surface area contributed by atoms with Crippen molar-refractivity contribution in [1.29, 1.82) is 0 Å². The number of hydrogen-bond acceptors (Lipinski definition) is 6. The second kappa shape index (κ2) is 17.3. The highest BCUT2D eigenvalue weighted by Gasteiger charge is 2.49. The van der Waals surface area contributed by atoms with Crippen LogP contribution in [0.5, 0.6) is 0 Å². The third-order valence-corrected chi connectivity index (χ3v) is 11.3. The van der Waals surface area contributed by atoms with Gasteiger partial charge in [-0.2, -0.15) is 11.8 Å². The summed E-state index contributed by atoms with van der Waals surface area (Å²) >= 11 is 1.93. The first kappa shape index (κ1) is 28.6. The van der Waals surface area contributed by atoms with Crippen molar-refractivity contribution in [3.63, 3.8) is 0 Å². The lowest BCUT2D eigenvalue weighted by Gasteiger charge is -2.36. The first-order chi connectivity index (χ1) is 13.3. The van der Waals surface area contributed by atoms with Crippen LogP contribution in [0.2, 0.25) is 25.7 Å². The smallest absolute Gasteiger partial charge is 0.379 e. The first-order valence-electron chi connectivity index (χ1n) is 11.0. The lowest BCUT2D eigenvalue weighted by molar-refractivity contribution is 0.0115. The van der Waals surface area contributed by atoms with Gasteiger partial charge in [-0.05, 0) is 32.4 Å². The standard InChI is InChI=1S/C20H46O5SSi2/c1-8-12-14-21-15-16-22-17-18-25-28(23-9-2,24-10-3)20(26-11-4)13-19-27(5,6)7/h20H,8-19H2,1-7H3. The third kappa shape index (κ3) is 13.7. The van der Waals surface area contributed by atoms with Crippen molar-refractivity contribution in [2.45, 2.75) is 77.5 Å². The molecule has 0 saturated heterocycles. The van der Waals surface area contributed by atoms with Gasteiger partial charge in [0.25, 0.3) is 0 Å². The van der Waals surface area contributed by atoms with E-state index in [0.717, 1.165) is 31.6 Å². The number of rotatable bonds is 20. The van der Waals surface area contributed by atoms with Crippen LogP contribution in [0.1, 0.15) is 47.0 Å². The third-order valence-electron chi connectivity index (χ3n) is 4.15. The van der Waals surface area contributed by atoms with Crippen molar-refractivity contribution in [2.75, 3.05) is 52.0 Å². The normalized spacial score (nSPS) is 13.8. The van der Waals surface area contributed by atoms with Crippen LogP contribution in [0, 0.1) is 0 Å². The van der Waals surface area contributed by atoms with Crippen molar-refractivity contribution >= 4 is 28.6 Å². The van der Waals surface area contributed by atoms with E-state index in [1.807, 2.05) is 25.6 Å². The van der Waals surface area contributed by atoms with Gasteiger partial charge >= 0.3 is 8.80 Å². The summed E-state index contributed by atoms with van der Waals surface area (Å²) < 4.78 is 30.0. The van der Waals surface area contributed by atoms with Crippen LogP contribution in [-0.4, -0.2) is 73.8 Å². The summed E-state index contributed by atoms with van der Waals surface area (Å²) in [6.07, 6.45) is 3.37. The molecule has 0 heterocycles. The van der Waals surface area contributed by atoms with Crippen LogP contribution in [0.15, 0.2) is 0 Å². The topological polar surface area (TPSA) is 46.2 Å². The number of unbranched alkanes of at least 4 members (excludes halogenated alkanes) is 1. The molecule has 0 aliphatic carbocycles. The van der Waals surface area contributed by atoms with Crippen LogP contribution >= 0.6 is 11.8 Å². The minimum absolute atomic E-state index is 0.293. The summed E-state index contributed by atoms with van der Waals surface area (Å²) in [5.41, 5.74) is 0. The molecule has 5 nitrogen and oxygen atoms in total. The summed E-state index contributed by atoms with van der Waals surface area (Å²) in [6.45, 7) is 20.0. The predicted octanol–water partition coefficient (Wildman–Crippen LogP) is 5.24. The zero-order valence-corrected chi connectivity index (χ0v) is 22.3. The predicted molar refractivity (Wildman–Crippen MR) is 126 cm³/mol. The Labute approximate surface area is 180 Å². The molecule has 1 atom stereocenters. The molecule has 0 radical (unpaired) electrons. The van der Waals surface area contributed by atoms with Crippen molar-refractivity contribution in [3.8, 4) is 0 Å². The summed E-state index contributed by atoms with van der Waals surface area (Å²) in [4.78, 5) is 0.293. The van der Waals surface area contributed by atoms with E-state index in [0.29, 0.717) is 44.5 Å². The first-order valence-corrected chi connectivity index (χ1v) is 17.6. The van der Waals surface area contributed by atoms with Crippen molar-refractivity contribution < 1.29 is 22.8 Å². The van der Waals surface area contributed by atoms with Gasteiger partial charge in [0.2, 0.25) is 0 Å². The monoisotopic (exact) mass is 454 g/mol. The molecule has 0 aromatic heterocycles. The van der Waals surface area contributed by atoms with E-state index < -0.39 is 16.9 Å². The minimum atomic E-state index is -2.76. The molecule has 0 spiro atoms. The van der Waals surface area contributed by atoms with Crippen LogP contribution < -0.4 is 0 Å². The Bertz CT molecular complexity index is 350. The molecule has 0 fully saturated rings. The maximum absolute atomic E-state index is 6.36. The molecular formula is C20H46O5SSi2. The highest BCUT2D eigenvalue weighted by atomic mass is 32.2. The van der Waals surface area contributed by atoms with E-state index in [1.54, 1.807) is 0 Å². The molecule has 0 rings (SSSR count). The van der Waals surface area contributed by atoms with Gasteiger partial charge in [0.15, 0.2) is 0 Å². The number of thioether (sulfide) groups is 1. The molecular weight excluding hydrogens is 408 g/mol. The second-order valence-corrected chi connectivity index (χ2v) is 18.2. The fourth-order valence-electron chi connectivity index (χ4n) is 2.74. The van der Waals surface area contributed by atoms with Crippen molar-refractivity contribution in [3.05, 3.63) is 0 Å². The molecule has 0 aliphatic rings. The van der Waals surface area contributed by atoms with E-state index in [1.165, 1.54) is 6.04 Å². The van der Waals surface area contributed by atoms with E-state index in [2.05, 4.69) is 33.5 Å². The number of ether oxygens (including phenoxy) is 2. The van der Waals surface area contributed by atoms with Gasteiger partial charge in [0, 0.05) is 27.9 Å². The minimum Gasteiger partial charge on any atom is -0.379 e. The van der Waals surface area contributed by atoms with E-state index in [4.69, 9.17) is 22.8 Å². The molecule has 1 unspecified atom stereocenters. The van der Waals surface area contributed by atoms with E-state index >= 15 is 0 Å². The lowest BCUT2D eigenvalue weighted by atomic mass is 10.4. The Morgan fingerprint density at radius 2 is 1.32 bits per heavy atom. The van der Waals surface area contributed by atoms with Gasteiger partial charge in [-0.15, -0.1) is 0 Å². The van der Waals surface area contributed by atoms with Gasteiger partial charge in [-0.25, -0.2) is 0 Å². The van der Waals surface area contributed by atoms with Gasteiger partial charge in [0.05, 0.1) is 31.3 Å². The zero-order valence-electron chi connectivity index (χ0n) is 19.5. The summed E-state index contributed by atoms with van der Waals surface area (Å²) in [6, 6.07) is 1.26. The maximum atomic E-state index is 6.36. The molecule has 28 heavy (non-hydrogen) atoms. The highest BCUT2D eigenvalue weighted by molar-refractivity contribution is 8.01. The molecule has 170 valence electrons. The molecule has 8 heteroatoms. The SMILES string of the molecule is CCCCOCCOCCO[Si](OCC)(OCC)C(CC[Si](C)(C)C)SCC. The van der Waals surface area contributed by atoms with Gasteiger partial charge in [-0.1, -0.05) is 46.0 Å². The number of hydrogen-bond donors (Lipinski definition) is 0. The van der Waals surface area contributed by atoms with Crippen LogP contribution in [-0.2, 0) is 22.8 Å². The van der Waals surface area contributed by atoms with E-state index in [-0.39, 0.29) is 0 Å². The van der Waals surface area contributed by atoms with E-state index in [9.17, 15) is 0 Å². The fourth-order valence-corrected chi connectivity index (χ4v) is 9.49. The Balaban J connectivity index is 4.68. The quantitative estimate of drug-likeness (QED) is 0.185. The summed E-state index contributed by atoms with van der Waals surface area (Å²) in [5.74, 6) is 1.04. The summed E-state index contributed by atoms with van der Waals surface area (Å²) in [7, 11) is -3.89. The molecule has 0 saturated carbocycles. The van der Waals surface area contributed by atoms with Gasteiger partial charge < -0.3 is 22.8 Å². The zero-order chi connectivity index (χ0) is 21.3.